The fraction of sp³-hybridized carbons (Fsp3) is 0.462. The molecule has 0 aliphatic carbocycles. The number of amides is 1. The SMILES string of the molecule is Cc1cccc(C(C)NCCOCC(N)=O)c1. The minimum Gasteiger partial charge on any atom is -0.370 e. The second kappa shape index (κ2) is 7.04. The number of nitrogens with one attached hydrogen (secondary N) is 1. The lowest BCUT2D eigenvalue weighted by Gasteiger charge is -2.14. The Hall–Kier alpha value is -1.39. The van der Waals surface area contributed by atoms with Crippen LogP contribution in [0.2, 0.25) is 0 Å². The first-order valence-corrected chi connectivity index (χ1v) is 5.75. The summed E-state index contributed by atoms with van der Waals surface area (Å²) in [5.74, 6) is -0.434. The highest BCUT2D eigenvalue weighted by atomic mass is 16.5. The summed E-state index contributed by atoms with van der Waals surface area (Å²) in [5, 5.41) is 3.32. The van der Waals surface area contributed by atoms with Gasteiger partial charge in [-0.05, 0) is 19.4 Å². The molecule has 0 aliphatic rings. The van der Waals surface area contributed by atoms with Gasteiger partial charge in [0.15, 0.2) is 0 Å². The Bertz CT molecular complexity index is 366. The van der Waals surface area contributed by atoms with E-state index in [9.17, 15) is 4.79 Å². The molecule has 0 saturated heterocycles. The van der Waals surface area contributed by atoms with E-state index in [1.54, 1.807) is 0 Å². The van der Waals surface area contributed by atoms with Gasteiger partial charge in [-0.2, -0.15) is 0 Å². The first-order chi connectivity index (χ1) is 8.09. The summed E-state index contributed by atoms with van der Waals surface area (Å²) in [6, 6.07) is 8.64. The Morgan fingerprint density at radius 3 is 2.94 bits per heavy atom. The van der Waals surface area contributed by atoms with Crippen LogP contribution >= 0.6 is 0 Å². The molecular weight excluding hydrogens is 216 g/mol. The Morgan fingerprint density at radius 1 is 1.53 bits per heavy atom. The van der Waals surface area contributed by atoms with Crippen LogP contribution in [0.3, 0.4) is 0 Å². The lowest BCUT2D eigenvalue weighted by atomic mass is 10.1. The van der Waals surface area contributed by atoms with Crippen LogP contribution in [0.25, 0.3) is 0 Å². The standard InChI is InChI=1S/C13H20N2O2/c1-10-4-3-5-12(8-10)11(2)15-6-7-17-9-13(14)16/h3-5,8,11,15H,6-7,9H2,1-2H3,(H2,14,16). The van der Waals surface area contributed by atoms with Gasteiger partial charge in [-0.25, -0.2) is 0 Å². The summed E-state index contributed by atoms with van der Waals surface area (Å²) < 4.78 is 5.07. The van der Waals surface area contributed by atoms with Crippen LogP contribution in [0.4, 0.5) is 0 Å². The molecule has 0 spiro atoms. The van der Waals surface area contributed by atoms with Gasteiger partial charge in [0, 0.05) is 12.6 Å². The Balaban J connectivity index is 2.25. The van der Waals surface area contributed by atoms with Crippen LogP contribution in [0.1, 0.15) is 24.1 Å². The number of aryl methyl sites for hydroxylation is 1. The second-order valence-electron chi connectivity index (χ2n) is 4.11. The van der Waals surface area contributed by atoms with Gasteiger partial charge < -0.3 is 15.8 Å². The zero-order chi connectivity index (χ0) is 12.7. The smallest absolute Gasteiger partial charge is 0.243 e. The lowest BCUT2D eigenvalue weighted by Crippen LogP contribution is -2.26. The van der Waals surface area contributed by atoms with Crippen LogP contribution in [0, 0.1) is 6.92 Å². The number of benzene rings is 1. The van der Waals surface area contributed by atoms with Crippen molar-refractivity contribution in [2.45, 2.75) is 19.9 Å². The van der Waals surface area contributed by atoms with E-state index in [1.165, 1.54) is 11.1 Å². The van der Waals surface area contributed by atoms with Gasteiger partial charge in [0.05, 0.1) is 6.61 Å². The van der Waals surface area contributed by atoms with Gasteiger partial charge in [0.1, 0.15) is 6.61 Å². The normalized spacial score (nSPS) is 12.4. The highest BCUT2D eigenvalue weighted by molar-refractivity contribution is 5.74. The number of hydrogen-bond donors (Lipinski definition) is 2. The van der Waals surface area contributed by atoms with Crippen molar-refractivity contribution in [1.82, 2.24) is 5.32 Å². The average molecular weight is 236 g/mol. The van der Waals surface area contributed by atoms with Crippen molar-refractivity contribution in [2.24, 2.45) is 5.73 Å². The monoisotopic (exact) mass is 236 g/mol. The fourth-order valence-electron chi connectivity index (χ4n) is 1.58. The van der Waals surface area contributed by atoms with E-state index in [2.05, 4.69) is 37.4 Å². The van der Waals surface area contributed by atoms with Gasteiger partial charge in [-0.3, -0.25) is 4.79 Å². The molecule has 1 unspecified atom stereocenters. The van der Waals surface area contributed by atoms with Crippen LogP contribution in [-0.4, -0.2) is 25.7 Å². The van der Waals surface area contributed by atoms with E-state index in [0.717, 1.165) is 0 Å². The van der Waals surface area contributed by atoms with Gasteiger partial charge in [0.2, 0.25) is 5.91 Å². The van der Waals surface area contributed by atoms with Crippen molar-refractivity contribution in [3.63, 3.8) is 0 Å². The van der Waals surface area contributed by atoms with Crippen molar-refractivity contribution < 1.29 is 9.53 Å². The topological polar surface area (TPSA) is 64.3 Å². The first kappa shape index (κ1) is 13.7. The molecule has 0 heterocycles. The molecule has 4 nitrogen and oxygen atoms in total. The number of nitrogens with two attached hydrogens (primary N) is 1. The number of ether oxygens (including phenoxy) is 1. The zero-order valence-electron chi connectivity index (χ0n) is 10.4. The maximum Gasteiger partial charge on any atom is 0.243 e. The molecular formula is C13H20N2O2. The molecule has 1 rings (SSSR count). The summed E-state index contributed by atoms with van der Waals surface area (Å²) in [6.45, 7) is 5.34. The molecule has 0 aromatic heterocycles. The van der Waals surface area contributed by atoms with Crippen LogP contribution in [0.5, 0.6) is 0 Å². The van der Waals surface area contributed by atoms with Crippen LogP contribution in [-0.2, 0) is 9.53 Å². The van der Waals surface area contributed by atoms with Crippen molar-refractivity contribution in [3.05, 3.63) is 35.4 Å². The molecule has 1 amide bonds. The third kappa shape index (κ3) is 5.47. The van der Waals surface area contributed by atoms with E-state index in [0.29, 0.717) is 13.2 Å². The van der Waals surface area contributed by atoms with Crippen LogP contribution < -0.4 is 11.1 Å². The predicted octanol–water partition coefficient (Wildman–Crippen LogP) is 1.15. The molecule has 17 heavy (non-hydrogen) atoms. The van der Waals surface area contributed by atoms with E-state index in [4.69, 9.17) is 10.5 Å². The highest BCUT2D eigenvalue weighted by Crippen LogP contribution is 2.13. The predicted molar refractivity (Wildman–Crippen MR) is 67.6 cm³/mol. The molecule has 94 valence electrons. The number of primary amides is 1. The molecule has 1 aromatic carbocycles. The quantitative estimate of drug-likeness (QED) is 0.698. The maximum atomic E-state index is 10.4. The van der Waals surface area contributed by atoms with E-state index < -0.39 is 5.91 Å². The van der Waals surface area contributed by atoms with E-state index >= 15 is 0 Å². The molecule has 0 fully saturated rings. The third-order valence-corrected chi connectivity index (χ3v) is 2.48. The van der Waals surface area contributed by atoms with E-state index in [1.807, 2.05) is 6.07 Å². The fourth-order valence-corrected chi connectivity index (χ4v) is 1.58. The second-order valence-corrected chi connectivity index (χ2v) is 4.11. The summed E-state index contributed by atoms with van der Waals surface area (Å²) in [5.41, 5.74) is 7.46. The van der Waals surface area contributed by atoms with Crippen LogP contribution in [0.15, 0.2) is 24.3 Å². The number of carbonyl (C=O) groups excluding carboxylic acids is 1. The third-order valence-electron chi connectivity index (χ3n) is 2.48. The summed E-state index contributed by atoms with van der Waals surface area (Å²) in [7, 11) is 0. The molecule has 3 N–H and O–H groups in total. The first-order valence-electron chi connectivity index (χ1n) is 5.75. The summed E-state index contributed by atoms with van der Waals surface area (Å²) >= 11 is 0. The summed E-state index contributed by atoms with van der Waals surface area (Å²) in [4.78, 5) is 10.4. The minimum absolute atomic E-state index is 0.0134. The molecule has 1 atom stereocenters. The molecule has 0 saturated carbocycles. The van der Waals surface area contributed by atoms with Crippen molar-refractivity contribution in [3.8, 4) is 0 Å². The Labute approximate surface area is 102 Å². The summed E-state index contributed by atoms with van der Waals surface area (Å²) in [6.07, 6.45) is 0. The Morgan fingerprint density at radius 2 is 2.29 bits per heavy atom. The average Bonchev–Trinajstić information content (AvgIpc) is 2.28. The Kier molecular flexibility index (Phi) is 5.66. The maximum absolute atomic E-state index is 10.4. The van der Waals surface area contributed by atoms with Gasteiger partial charge in [0.25, 0.3) is 0 Å². The largest absolute Gasteiger partial charge is 0.370 e. The van der Waals surface area contributed by atoms with E-state index in [-0.39, 0.29) is 12.6 Å². The molecule has 1 aromatic rings. The molecule has 4 heteroatoms. The van der Waals surface area contributed by atoms with Gasteiger partial charge >= 0.3 is 0 Å². The van der Waals surface area contributed by atoms with Crippen molar-refractivity contribution in [2.75, 3.05) is 19.8 Å². The molecule has 0 bridgehead atoms. The number of hydrogen-bond acceptors (Lipinski definition) is 3. The minimum atomic E-state index is -0.434. The lowest BCUT2D eigenvalue weighted by molar-refractivity contribution is -0.122. The zero-order valence-corrected chi connectivity index (χ0v) is 10.4. The van der Waals surface area contributed by atoms with Crippen molar-refractivity contribution >= 4 is 5.91 Å². The number of carbonyl (C=O) groups is 1. The number of rotatable bonds is 7. The van der Waals surface area contributed by atoms with Gasteiger partial charge in [-0.1, -0.05) is 29.8 Å². The molecule has 0 radical (unpaired) electrons. The van der Waals surface area contributed by atoms with Crippen molar-refractivity contribution in [1.29, 1.82) is 0 Å². The molecule has 0 aliphatic heterocycles. The van der Waals surface area contributed by atoms with Gasteiger partial charge in [-0.15, -0.1) is 0 Å². The highest BCUT2D eigenvalue weighted by Gasteiger charge is 2.04.